The SMILES string of the molecule is CCCc1nc(C2CCCC2)n(C)c1N. The fraction of sp³-hybridized carbons (Fsp3) is 0.750. The van der Waals surface area contributed by atoms with Crippen LogP contribution in [0.15, 0.2) is 0 Å². The quantitative estimate of drug-likeness (QED) is 0.828. The summed E-state index contributed by atoms with van der Waals surface area (Å²) in [5.74, 6) is 2.75. The summed E-state index contributed by atoms with van der Waals surface area (Å²) in [5.41, 5.74) is 7.16. The molecule has 0 radical (unpaired) electrons. The molecule has 1 fully saturated rings. The lowest BCUT2D eigenvalue weighted by atomic mass is 10.1. The van der Waals surface area contributed by atoms with E-state index in [0.717, 1.165) is 24.4 Å². The lowest BCUT2D eigenvalue weighted by Gasteiger charge is -2.08. The molecular weight excluding hydrogens is 186 g/mol. The van der Waals surface area contributed by atoms with E-state index in [-0.39, 0.29) is 0 Å². The lowest BCUT2D eigenvalue weighted by molar-refractivity contribution is 0.633. The molecule has 0 aromatic carbocycles. The molecule has 84 valence electrons. The highest BCUT2D eigenvalue weighted by Crippen LogP contribution is 2.34. The minimum atomic E-state index is 0.655. The molecule has 0 bridgehead atoms. The third kappa shape index (κ3) is 1.87. The van der Waals surface area contributed by atoms with Gasteiger partial charge >= 0.3 is 0 Å². The fourth-order valence-electron chi connectivity index (χ4n) is 2.56. The normalized spacial score (nSPS) is 17.5. The number of hydrogen-bond acceptors (Lipinski definition) is 2. The largest absolute Gasteiger partial charge is 0.384 e. The number of anilines is 1. The van der Waals surface area contributed by atoms with Crippen LogP contribution >= 0.6 is 0 Å². The number of aryl methyl sites for hydroxylation is 1. The highest BCUT2D eigenvalue weighted by molar-refractivity contribution is 5.38. The molecule has 1 aliphatic carbocycles. The van der Waals surface area contributed by atoms with Gasteiger partial charge in [0.2, 0.25) is 0 Å². The highest BCUT2D eigenvalue weighted by Gasteiger charge is 2.23. The number of rotatable bonds is 3. The van der Waals surface area contributed by atoms with Crippen molar-refractivity contribution in [3.8, 4) is 0 Å². The summed E-state index contributed by atoms with van der Waals surface area (Å²) in [7, 11) is 2.05. The zero-order valence-electron chi connectivity index (χ0n) is 9.79. The molecule has 3 heteroatoms. The van der Waals surface area contributed by atoms with E-state index < -0.39 is 0 Å². The average molecular weight is 207 g/mol. The smallest absolute Gasteiger partial charge is 0.126 e. The van der Waals surface area contributed by atoms with Crippen molar-refractivity contribution < 1.29 is 0 Å². The zero-order valence-corrected chi connectivity index (χ0v) is 9.79. The maximum absolute atomic E-state index is 6.06. The average Bonchev–Trinajstić information content (AvgIpc) is 2.82. The van der Waals surface area contributed by atoms with Crippen molar-refractivity contribution >= 4 is 5.82 Å². The van der Waals surface area contributed by atoms with E-state index in [0.29, 0.717) is 5.92 Å². The Morgan fingerprint density at radius 2 is 2.07 bits per heavy atom. The van der Waals surface area contributed by atoms with E-state index in [1.54, 1.807) is 0 Å². The van der Waals surface area contributed by atoms with Crippen molar-refractivity contribution in [1.29, 1.82) is 0 Å². The van der Waals surface area contributed by atoms with Crippen molar-refractivity contribution in [2.45, 2.75) is 51.4 Å². The van der Waals surface area contributed by atoms with Gasteiger partial charge in [0.25, 0.3) is 0 Å². The van der Waals surface area contributed by atoms with Gasteiger partial charge in [-0.1, -0.05) is 26.2 Å². The molecule has 1 aliphatic rings. The molecule has 1 aromatic rings. The Morgan fingerprint density at radius 1 is 1.40 bits per heavy atom. The first-order chi connectivity index (χ1) is 7.24. The summed E-state index contributed by atoms with van der Waals surface area (Å²) in [6.07, 6.45) is 7.39. The van der Waals surface area contributed by atoms with Gasteiger partial charge in [0.15, 0.2) is 0 Å². The van der Waals surface area contributed by atoms with Gasteiger partial charge in [0.1, 0.15) is 11.6 Å². The van der Waals surface area contributed by atoms with Crippen molar-refractivity contribution in [2.75, 3.05) is 5.73 Å². The summed E-state index contributed by atoms with van der Waals surface area (Å²) in [4.78, 5) is 4.72. The lowest BCUT2D eigenvalue weighted by Crippen LogP contribution is -2.05. The topological polar surface area (TPSA) is 43.8 Å². The van der Waals surface area contributed by atoms with Gasteiger partial charge in [-0.05, 0) is 19.3 Å². The molecule has 0 spiro atoms. The molecule has 1 saturated carbocycles. The number of imidazole rings is 1. The molecule has 0 aliphatic heterocycles. The first-order valence-corrected chi connectivity index (χ1v) is 6.05. The van der Waals surface area contributed by atoms with Crippen LogP contribution in [0.5, 0.6) is 0 Å². The van der Waals surface area contributed by atoms with Crippen LogP contribution in [0, 0.1) is 0 Å². The predicted molar refractivity (Wildman–Crippen MR) is 62.8 cm³/mol. The van der Waals surface area contributed by atoms with Gasteiger partial charge in [-0.3, -0.25) is 0 Å². The molecular formula is C12H21N3. The molecule has 3 nitrogen and oxygen atoms in total. The van der Waals surface area contributed by atoms with Crippen LogP contribution in [0.2, 0.25) is 0 Å². The van der Waals surface area contributed by atoms with E-state index in [1.807, 2.05) is 0 Å². The zero-order chi connectivity index (χ0) is 10.8. The second-order valence-corrected chi connectivity index (χ2v) is 4.59. The monoisotopic (exact) mass is 207 g/mol. The van der Waals surface area contributed by atoms with E-state index in [1.165, 1.54) is 31.5 Å². The molecule has 2 rings (SSSR count). The Morgan fingerprint density at radius 3 is 2.67 bits per heavy atom. The van der Waals surface area contributed by atoms with E-state index in [4.69, 9.17) is 10.7 Å². The molecule has 0 amide bonds. The van der Waals surface area contributed by atoms with Gasteiger partial charge in [0.05, 0.1) is 5.69 Å². The van der Waals surface area contributed by atoms with Gasteiger partial charge in [0, 0.05) is 13.0 Å². The van der Waals surface area contributed by atoms with Crippen LogP contribution in [0.3, 0.4) is 0 Å². The standard InChI is InChI=1S/C12H21N3/c1-3-6-10-11(13)15(2)12(14-10)9-7-4-5-8-9/h9H,3-8,13H2,1-2H3. The Labute approximate surface area is 91.7 Å². The molecule has 0 saturated heterocycles. The summed E-state index contributed by atoms with van der Waals surface area (Å²) in [5, 5.41) is 0. The summed E-state index contributed by atoms with van der Waals surface area (Å²) in [6, 6.07) is 0. The van der Waals surface area contributed by atoms with Crippen LogP contribution in [0.1, 0.15) is 56.5 Å². The third-order valence-electron chi connectivity index (χ3n) is 3.46. The van der Waals surface area contributed by atoms with E-state index in [2.05, 4.69) is 18.5 Å². The van der Waals surface area contributed by atoms with Gasteiger partial charge in [-0.15, -0.1) is 0 Å². The Kier molecular flexibility index (Phi) is 2.98. The number of hydrogen-bond donors (Lipinski definition) is 1. The van der Waals surface area contributed by atoms with E-state index in [9.17, 15) is 0 Å². The predicted octanol–water partition coefficient (Wildman–Crippen LogP) is 2.61. The van der Waals surface area contributed by atoms with Crippen LogP contribution in [-0.4, -0.2) is 9.55 Å². The molecule has 0 atom stereocenters. The maximum atomic E-state index is 6.06. The third-order valence-corrected chi connectivity index (χ3v) is 3.46. The fourth-order valence-corrected chi connectivity index (χ4v) is 2.56. The molecule has 1 heterocycles. The van der Waals surface area contributed by atoms with E-state index >= 15 is 0 Å². The first kappa shape index (κ1) is 10.5. The van der Waals surface area contributed by atoms with Crippen molar-refractivity contribution in [2.24, 2.45) is 7.05 Å². The van der Waals surface area contributed by atoms with Crippen molar-refractivity contribution in [3.05, 3.63) is 11.5 Å². The minimum Gasteiger partial charge on any atom is -0.384 e. The summed E-state index contributed by atoms with van der Waals surface area (Å²) >= 11 is 0. The summed E-state index contributed by atoms with van der Waals surface area (Å²) < 4.78 is 2.10. The second-order valence-electron chi connectivity index (χ2n) is 4.59. The van der Waals surface area contributed by atoms with Gasteiger partial charge < -0.3 is 10.3 Å². The number of nitrogens with zero attached hydrogens (tertiary/aromatic N) is 2. The molecule has 0 unspecified atom stereocenters. The van der Waals surface area contributed by atoms with Crippen molar-refractivity contribution in [3.63, 3.8) is 0 Å². The van der Waals surface area contributed by atoms with Gasteiger partial charge in [-0.25, -0.2) is 4.98 Å². The number of nitrogens with two attached hydrogens (primary N) is 1. The number of nitrogen functional groups attached to an aromatic ring is 1. The minimum absolute atomic E-state index is 0.655. The highest BCUT2D eigenvalue weighted by atomic mass is 15.1. The van der Waals surface area contributed by atoms with Crippen molar-refractivity contribution in [1.82, 2.24) is 9.55 Å². The number of aromatic nitrogens is 2. The second kappa shape index (κ2) is 4.25. The van der Waals surface area contributed by atoms with Crippen LogP contribution in [0.4, 0.5) is 5.82 Å². The Hall–Kier alpha value is -0.990. The van der Waals surface area contributed by atoms with Crippen LogP contribution in [-0.2, 0) is 13.5 Å². The molecule has 1 aromatic heterocycles. The summed E-state index contributed by atoms with van der Waals surface area (Å²) in [6.45, 7) is 2.17. The molecule has 15 heavy (non-hydrogen) atoms. The maximum Gasteiger partial charge on any atom is 0.126 e. The molecule has 2 N–H and O–H groups in total. The van der Waals surface area contributed by atoms with Gasteiger partial charge in [-0.2, -0.15) is 0 Å². The van der Waals surface area contributed by atoms with Crippen LogP contribution < -0.4 is 5.73 Å². The Balaban J connectivity index is 2.27. The Bertz CT molecular complexity index is 335. The van der Waals surface area contributed by atoms with Crippen LogP contribution in [0.25, 0.3) is 0 Å². The first-order valence-electron chi connectivity index (χ1n) is 6.05.